The Morgan fingerprint density at radius 1 is 1.03 bits per heavy atom. The predicted octanol–water partition coefficient (Wildman–Crippen LogP) is 4.37. The van der Waals surface area contributed by atoms with E-state index in [0.29, 0.717) is 34.3 Å². The van der Waals surface area contributed by atoms with E-state index in [1.54, 1.807) is 50.2 Å². The minimum absolute atomic E-state index is 0.182. The lowest BCUT2D eigenvalue weighted by molar-refractivity contribution is -0.115. The number of hydrogen-bond donors (Lipinski definition) is 2. The zero-order valence-electron chi connectivity index (χ0n) is 17.6. The van der Waals surface area contributed by atoms with Crippen LogP contribution < -0.4 is 20.1 Å². The second-order valence-corrected chi connectivity index (χ2v) is 8.00. The van der Waals surface area contributed by atoms with Crippen LogP contribution >= 0.6 is 11.8 Å². The van der Waals surface area contributed by atoms with Gasteiger partial charge in [0.2, 0.25) is 5.91 Å². The van der Waals surface area contributed by atoms with E-state index >= 15 is 0 Å². The average molecular weight is 442 g/mol. The molecule has 1 unspecified atom stereocenters. The molecule has 162 valence electrons. The summed E-state index contributed by atoms with van der Waals surface area (Å²) >= 11 is 1.39. The number of hydrogen-bond acceptors (Lipinski definition) is 7. The number of nitrogens with one attached hydrogen (secondary N) is 2. The molecule has 3 rings (SSSR count). The maximum absolute atomic E-state index is 12.8. The van der Waals surface area contributed by atoms with Crippen LogP contribution in [0.2, 0.25) is 0 Å². The number of aryl methyl sites for hydroxylation is 1. The molecule has 2 N–H and O–H groups in total. The molecular formula is C22H23N3O5S. The molecule has 1 aromatic heterocycles. The Kier molecular flexibility index (Phi) is 7.19. The molecule has 0 aliphatic heterocycles. The van der Waals surface area contributed by atoms with Crippen molar-refractivity contribution >= 4 is 35.1 Å². The molecule has 2 amide bonds. The number of benzene rings is 2. The number of rotatable bonds is 8. The molecule has 0 spiro atoms. The van der Waals surface area contributed by atoms with Gasteiger partial charge in [-0.05, 0) is 50.2 Å². The van der Waals surface area contributed by atoms with Crippen molar-refractivity contribution in [1.29, 1.82) is 0 Å². The van der Waals surface area contributed by atoms with Gasteiger partial charge in [-0.1, -0.05) is 11.2 Å². The molecule has 0 saturated carbocycles. The van der Waals surface area contributed by atoms with E-state index in [9.17, 15) is 9.59 Å². The summed E-state index contributed by atoms with van der Waals surface area (Å²) in [5, 5.41) is 8.96. The number of methoxy groups -OCH3 is 2. The molecule has 1 atom stereocenters. The summed E-state index contributed by atoms with van der Waals surface area (Å²) in [6, 6.07) is 14.0. The molecule has 8 nitrogen and oxygen atoms in total. The fourth-order valence-corrected chi connectivity index (χ4v) is 3.66. The standard InChI is InChI=1S/C22H23N3O5S/c1-13-12-19(25-30-13)24-21(26)14(2)31-16-10-8-15(9-11-16)23-22(27)20-17(28-3)6-5-7-18(20)29-4/h5-12,14H,1-4H3,(H,23,27)(H,24,25,26). The Balaban J connectivity index is 1.63. The summed E-state index contributed by atoms with van der Waals surface area (Å²) < 4.78 is 15.5. The van der Waals surface area contributed by atoms with E-state index in [1.807, 2.05) is 12.1 Å². The van der Waals surface area contributed by atoms with Crippen LogP contribution in [0.3, 0.4) is 0 Å². The SMILES string of the molecule is COc1cccc(OC)c1C(=O)Nc1ccc(SC(C)C(=O)Nc2cc(C)on2)cc1. The number of amides is 2. The van der Waals surface area contributed by atoms with Crippen molar-refractivity contribution in [1.82, 2.24) is 5.16 Å². The third-order valence-electron chi connectivity index (χ3n) is 4.33. The molecule has 31 heavy (non-hydrogen) atoms. The lowest BCUT2D eigenvalue weighted by Crippen LogP contribution is -2.22. The Labute approximate surface area is 184 Å². The smallest absolute Gasteiger partial charge is 0.263 e. The van der Waals surface area contributed by atoms with Crippen molar-refractivity contribution in [3.8, 4) is 11.5 Å². The van der Waals surface area contributed by atoms with Crippen molar-refractivity contribution in [3.05, 3.63) is 59.9 Å². The molecule has 9 heteroatoms. The molecule has 0 fully saturated rings. The van der Waals surface area contributed by atoms with Crippen LogP contribution in [-0.4, -0.2) is 36.4 Å². The molecule has 0 saturated heterocycles. The Bertz CT molecular complexity index is 1040. The summed E-state index contributed by atoms with van der Waals surface area (Å²) in [5.41, 5.74) is 0.928. The highest BCUT2D eigenvalue weighted by molar-refractivity contribution is 8.00. The first-order chi connectivity index (χ1) is 14.9. The lowest BCUT2D eigenvalue weighted by Gasteiger charge is -2.14. The Morgan fingerprint density at radius 2 is 1.68 bits per heavy atom. The van der Waals surface area contributed by atoms with Gasteiger partial charge in [-0.3, -0.25) is 9.59 Å². The number of nitrogens with zero attached hydrogens (tertiary/aromatic N) is 1. The minimum Gasteiger partial charge on any atom is -0.496 e. The first-order valence-electron chi connectivity index (χ1n) is 9.44. The quantitative estimate of drug-likeness (QED) is 0.500. The third-order valence-corrected chi connectivity index (χ3v) is 5.44. The second kappa shape index (κ2) is 10.0. The van der Waals surface area contributed by atoms with E-state index in [1.165, 1.54) is 26.0 Å². The molecule has 0 bridgehead atoms. The monoisotopic (exact) mass is 441 g/mol. The van der Waals surface area contributed by atoms with Crippen molar-refractivity contribution in [3.63, 3.8) is 0 Å². The Hall–Kier alpha value is -3.46. The number of ether oxygens (including phenoxy) is 2. The van der Waals surface area contributed by atoms with Gasteiger partial charge in [0.1, 0.15) is 22.8 Å². The fourth-order valence-electron chi connectivity index (χ4n) is 2.80. The van der Waals surface area contributed by atoms with Gasteiger partial charge < -0.3 is 24.6 Å². The molecule has 1 heterocycles. The second-order valence-electron chi connectivity index (χ2n) is 6.59. The van der Waals surface area contributed by atoms with Crippen LogP contribution in [-0.2, 0) is 4.79 Å². The van der Waals surface area contributed by atoms with Crippen molar-refractivity contribution in [2.75, 3.05) is 24.9 Å². The van der Waals surface area contributed by atoms with Crippen LogP contribution in [0.15, 0.2) is 57.9 Å². The molecule has 2 aromatic carbocycles. The number of anilines is 2. The van der Waals surface area contributed by atoms with Gasteiger partial charge >= 0.3 is 0 Å². The largest absolute Gasteiger partial charge is 0.496 e. The molecule has 0 aliphatic carbocycles. The van der Waals surface area contributed by atoms with E-state index in [2.05, 4.69) is 15.8 Å². The summed E-state index contributed by atoms with van der Waals surface area (Å²) in [6.45, 7) is 3.56. The number of thioether (sulfide) groups is 1. The van der Waals surface area contributed by atoms with E-state index in [4.69, 9.17) is 14.0 Å². The van der Waals surface area contributed by atoms with Crippen molar-refractivity contribution < 1.29 is 23.6 Å². The molecule has 3 aromatic rings. The third kappa shape index (κ3) is 5.58. The predicted molar refractivity (Wildman–Crippen MR) is 119 cm³/mol. The van der Waals surface area contributed by atoms with Gasteiger partial charge in [-0.25, -0.2) is 0 Å². The maximum atomic E-state index is 12.8. The van der Waals surface area contributed by atoms with Crippen molar-refractivity contribution in [2.24, 2.45) is 0 Å². The normalized spacial score (nSPS) is 11.5. The highest BCUT2D eigenvalue weighted by Gasteiger charge is 2.19. The van der Waals surface area contributed by atoms with Crippen LogP contribution in [0.4, 0.5) is 11.5 Å². The lowest BCUT2D eigenvalue weighted by atomic mass is 10.1. The minimum atomic E-state index is -0.352. The van der Waals surface area contributed by atoms with Gasteiger partial charge in [0.05, 0.1) is 19.5 Å². The van der Waals surface area contributed by atoms with Gasteiger partial charge in [-0.2, -0.15) is 0 Å². The highest BCUT2D eigenvalue weighted by Crippen LogP contribution is 2.30. The maximum Gasteiger partial charge on any atom is 0.263 e. The molecular weight excluding hydrogens is 418 g/mol. The van der Waals surface area contributed by atoms with E-state index in [0.717, 1.165) is 4.90 Å². The number of carbonyl (C=O) groups excluding carboxylic acids is 2. The van der Waals surface area contributed by atoms with E-state index < -0.39 is 0 Å². The van der Waals surface area contributed by atoms with E-state index in [-0.39, 0.29) is 17.1 Å². The Morgan fingerprint density at radius 3 is 2.23 bits per heavy atom. The van der Waals surface area contributed by atoms with Crippen LogP contribution in [0.25, 0.3) is 0 Å². The molecule has 0 radical (unpaired) electrons. The molecule has 0 aliphatic rings. The zero-order chi connectivity index (χ0) is 22.4. The topological polar surface area (TPSA) is 103 Å². The fraction of sp³-hybridized carbons (Fsp3) is 0.227. The first-order valence-corrected chi connectivity index (χ1v) is 10.3. The van der Waals surface area contributed by atoms with Gasteiger partial charge in [-0.15, -0.1) is 11.8 Å². The highest BCUT2D eigenvalue weighted by atomic mass is 32.2. The number of carbonyl (C=O) groups is 2. The first kappa shape index (κ1) is 22.2. The summed E-state index contributed by atoms with van der Waals surface area (Å²) in [4.78, 5) is 26.0. The summed E-state index contributed by atoms with van der Waals surface area (Å²) in [7, 11) is 3.00. The summed E-state index contributed by atoms with van der Waals surface area (Å²) in [5.74, 6) is 1.33. The summed E-state index contributed by atoms with van der Waals surface area (Å²) in [6.07, 6.45) is 0. The number of aromatic nitrogens is 1. The van der Waals surface area contributed by atoms with Gasteiger partial charge in [0.25, 0.3) is 5.91 Å². The van der Waals surface area contributed by atoms with Crippen LogP contribution in [0, 0.1) is 6.92 Å². The average Bonchev–Trinajstić information content (AvgIpc) is 3.18. The van der Waals surface area contributed by atoms with Crippen LogP contribution in [0.1, 0.15) is 23.0 Å². The van der Waals surface area contributed by atoms with Crippen LogP contribution in [0.5, 0.6) is 11.5 Å². The van der Waals surface area contributed by atoms with Gasteiger partial charge in [0, 0.05) is 16.6 Å². The zero-order valence-corrected chi connectivity index (χ0v) is 18.4. The van der Waals surface area contributed by atoms with Crippen molar-refractivity contribution in [2.45, 2.75) is 24.0 Å². The van der Waals surface area contributed by atoms with Gasteiger partial charge in [0.15, 0.2) is 5.82 Å².